The van der Waals surface area contributed by atoms with E-state index in [0.29, 0.717) is 16.5 Å². The van der Waals surface area contributed by atoms with E-state index in [1.54, 1.807) is 18.2 Å². The Balaban J connectivity index is 2.81. The molecule has 13 heavy (non-hydrogen) atoms. The number of anilines is 1. The van der Waals surface area contributed by atoms with Gasteiger partial charge in [-0.2, -0.15) is 0 Å². The fourth-order valence-corrected chi connectivity index (χ4v) is 1.07. The zero-order valence-electron chi connectivity index (χ0n) is 7.88. The average Bonchev–Trinajstić information content (AvgIpc) is 2.11. The molecule has 0 saturated carbocycles. The van der Waals surface area contributed by atoms with E-state index in [0.717, 1.165) is 6.42 Å². The van der Waals surface area contributed by atoms with Gasteiger partial charge in [0.25, 0.3) is 0 Å². The highest BCUT2D eigenvalue weighted by atomic mass is 35.5. The van der Waals surface area contributed by atoms with Crippen molar-refractivity contribution in [1.29, 1.82) is 0 Å². The number of nitrogen functional groups attached to an aromatic ring is 1. The minimum absolute atomic E-state index is 0.167. The number of hydrogen-bond acceptors (Lipinski definition) is 2. The number of benzene rings is 1. The van der Waals surface area contributed by atoms with Crippen molar-refractivity contribution < 1.29 is 4.74 Å². The van der Waals surface area contributed by atoms with Crippen molar-refractivity contribution >= 4 is 17.3 Å². The summed E-state index contributed by atoms with van der Waals surface area (Å²) in [6, 6.07) is 5.24. The average molecular weight is 200 g/mol. The first-order valence-corrected chi connectivity index (χ1v) is 4.73. The molecule has 72 valence electrons. The van der Waals surface area contributed by atoms with Gasteiger partial charge in [0.1, 0.15) is 5.75 Å². The number of hydrogen-bond donors (Lipinski definition) is 1. The zero-order valence-corrected chi connectivity index (χ0v) is 8.64. The third-order valence-electron chi connectivity index (χ3n) is 1.88. The van der Waals surface area contributed by atoms with Crippen LogP contribution in [0.3, 0.4) is 0 Å². The van der Waals surface area contributed by atoms with Gasteiger partial charge in [0.15, 0.2) is 0 Å². The summed E-state index contributed by atoms with van der Waals surface area (Å²) in [5, 5.41) is 0.646. The molecule has 0 heterocycles. The summed E-state index contributed by atoms with van der Waals surface area (Å²) in [5.74, 6) is 0.668. The molecule has 0 radical (unpaired) electrons. The first-order chi connectivity index (χ1) is 6.13. The number of rotatable bonds is 3. The van der Waals surface area contributed by atoms with Gasteiger partial charge < -0.3 is 10.5 Å². The van der Waals surface area contributed by atoms with Gasteiger partial charge in [-0.1, -0.05) is 18.5 Å². The van der Waals surface area contributed by atoms with Crippen LogP contribution in [0.4, 0.5) is 5.69 Å². The topological polar surface area (TPSA) is 35.2 Å². The van der Waals surface area contributed by atoms with Crippen LogP contribution < -0.4 is 10.5 Å². The summed E-state index contributed by atoms with van der Waals surface area (Å²) in [7, 11) is 0. The second-order valence-electron chi connectivity index (χ2n) is 3.02. The lowest BCUT2D eigenvalue weighted by Gasteiger charge is -2.14. The zero-order chi connectivity index (χ0) is 9.84. The van der Waals surface area contributed by atoms with Crippen LogP contribution in [0.2, 0.25) is 5.02 Å². The van der Waals surface area contributed by atoms with Crippen LogP contribution in [-0.4, -0.2) is 6.10 Å². The molecule has 2 nitrogen and oxygen atoms in total. The Morgan fingerprint density at radius 2 is 2.23 bits per heavy atom. The molecule has 2 N–H and O–H groups in total. The maximum atomic E-state index is 5.81. The lowest BCUT2D eigenvalue weighted by molar-refractivity contribution is 0.219. The van der Waals surface area contributed by atoms with E-state index in [4.69, 9.17) is 22.1 Å². The van der Waals surface area contributed by atoms with Crippen molar-refractivity contribution in [3.63, 3.8) is 0 Å². The standard InChI is InChI=1S/C10H14ClNO/c1-3-7(2)13-10-6-8(11)4-5-9(10)12/h4-7H,3,12H2,1-2H3. The van der Waals surface area contributed by atoms with E-state index in [9.17, 15) is 0 Å². The van der Waals surface area contributed by atoms with Crippen LogP contribution in [0.15, 0.2) is 18.2 Å². The number of halogens is 1. The monoisotopic (exact) mass is 199 g/mol. The third-order valence-corrected chi connectivity index (χ3v) is 2.11. The molecular formula is C10H14ClNO. The van der Waals surface area contributed by atoms with Crippen LogP contribution in [0.5, 0.6) is 5.75 Å². The van der Waals surface area contributed by atoms with E-state index < -0.39 is 0 Å². The van der Waals surface area contributed by atoms with E-state index in [-0.39, 0.29) is 6.10 Å². The van der Waals surface area contributed by atoms with E-state index in [2.05, 4.69) is 6.92 Å². The van der Waals surface area contributed by atoms with Gasteiger partial charge in [-0.05, 0) is 25.5 Å². The highest BCUT2D eigenvalue weighted by Crippen LogP contribution is 2.26. The smallest absolute Gasteiger partial charge is 0.144 e. The minimum atomic E-state index is 0.167. The molecule has 1 aromatic carbocycles. The minimum Gasteiger partial charge on any atom is -0.489 e. The molecule has 0 aliphatic heterocycles. The summed E-state index contributed by atoms with van der Waals surface area (Å²) in [5.41, 5.74) is 6.34. The molecule has 0 aliphatic carbocycles. The summed E-state index contributed by atoms with van der Waals surface area (Å²) in [4.78, 5) is 0. The summed E-state index contributed by atoms with van der Waals surface area (Å²) < 4.78 is 5.57. The highest BCUT2D eigenvalue weighted by molar-refractivity contribution is 6.30. The van der Waals surface area contributed by atoms with E-state index in [1.165, 1.54) is 0 Å². The second kappa shape index (κ2) is 4.38. The van der Waals surface area contributed by atoms with Crippen LogP contribution >= 0.6 is 11.6 Å². The molecule has 0 amide bonds. The Hall–Kier alpha value is -0.890. The highest BCUT2D eigenvalue weighted by Gasteiger charge is 2.04. The molecule has 1 unspecified atom stereocenters. The summed E-state index contributed by atoms with van der Waals surface area (Å²) in [6.45, 7) is 4.06. The Kier molecular flexibility index (Phi) is 3.43. The van der Waals surface area contributed by atoms with Crippen molar-refractivity contribution in [2.24, 2.45) is 0 Å². The summed E-state index contributed by atoms with van der Waals surface area (Å²) >= 11 is 5.81. The Morgan fingerprint density at radius 3 is 2.85 bits per heavy atom. The summed E-state index contributed by atoms with van der Waals surface area (Å²) in [6.07, 6.45) is 1.12. The predicted octanol–water partition coefficient (Wildman–Crippen LogP) is 3.10. The van der Waals surface area contributed by atoms with Gasteiger partial charge >= 0.3 is 0 Å². The maximum Gasteiger partial charge on any atom is 0.144 e. The van der Waals surface area contributed by atoms with E-state index in [1.807, 2.05) is 6.92 Å². The number of ether oxygens (including phenoxy) is 1. The van der Waals surface area contributed by atoms with Crippen molar-refractivity contribution in [2.75, 3.05) is 5.73 Å². The molecule has 0 aromatic heterocycles. The Bertz CT molecular complexity index is 288. The molecule has 0 spiro atoms. The van der Waals surface area contributed by atoms with Crippen LogP contribution in [0.1, 0.15) is 20.3 Å². The van der Waals surface area contributed by atoms with Crippen molar-refractivity contribution in [3.05, 3.63) is 23.2 Å². The normalized spacial score (nSPS) is 12.5. The molecule has 0 aliphatic rings. The SMILES string of the molecule is CCC(C)Oc1cc(Cl)ccc1N. The molecule has 1 atom stereocenters. The lowest BCUT2D eigenvalue weighted by atomic mass is 10.3. The molecule has 1 rings (SSSR count). The second-order valence-corrected chi connectivity index (χ2v) is 3.46. The quantitative estimate of drug-likeness (QED) is 0.760. The van der Waals surface area contributed by atoms with Crippen LogP contribution in [-0.2, 0) is 0 Å². The Labute approximate surface area is 83.6 Å². The first-order valence-electron chi connectivity index (χ1n) is 4.35. The fourth-order valence-electron chi connectivity index (χ4n) is 0.910. The third kappa shape index (κ3) is 2.81. The van der Waals surface area contributed by atoms with E-state index >= 15 is 0 Å². The van der Waals surface area contributed by atoms with Crippen molar-refractivity contribution in [3.8, 4) is 5.75 Å². The van der Waals surface area contributed by atoms with Gasteiger partial charge in [-0.15, -0.1) is 0 Å². The molecule has 3 heteroatoms. The predicted molar refractivity (Wildman–Crippen MR) is 56.2 cm³/mol. The van der Waals surface area contributed by atoms with Crippen molar-refractivity contribution in [1.82, 2.24) is 0 Å². The number of nitrogens with two attached hydrogens (primary N) is 1. The molecule has 0 saturated heterocycles. The van der Waals surface area contributed by atoms with Gasteiger partial charge in [-0.3, -0.25) is 0 Å². The lowest BCUT2D eigenvalue weighted by Crippen LogP contribution is -2.10. The van der Waals surface area contributed by atoms with Gasteiger partial charge in [0, 0.05) is 11.1 Å². The van der Waals surface area contributed by atoms with Crippen LogP contribution in [0.25, 0.3) is 0 Å². The first kappa shape index (κ1) is 10.2. The fraction of sp³-hybridized carbons (Fsp3) is 0.400. The van der Waals surface area contributed by atoms with Crippen molar-refractivity contribution in [2.45, 2.75) is 26.4 Å². The molecule has 0 bridgehead atoms. The molecule has 0 fully saturated rings. The Morgan fingerprint density at radius 1 is 1.54 bits per heavy atom. The molecule has 1 aromatic rings. The van der Waals surface area contributed by atoms with Gasteiger partial charge in [0.2, 0.25) is 0 Å². The maximum absolute atomic E-state index is 5.81. The van der Waals surface area contributed by atoms with Crippen LogP contribution in [0, 0.1) is 0 Å². The molecular weight excluding hydrogens is 186 g/mol. The largest absolute Gasteiger partial charge is 0.489 e. The van der Waals surface area contributed by atoms with Gasteiger partial charge in [-0.25, -0.2) is 0 Å². The van der Waals surface area contributed by atoms with Gasteiger partial charge in [0.05, 0.1) is 11.8 Å².